The SMILES string of the molecule is NS(=O)(=O)CCCN1CCC[C@H]1Cn1cccn1. The van der Waals surface area contributed by atoms with Crippen molar-refractivity contribution in [1.29, 1.82) is 0 Å². The van der Waals surface area contributed by atoms with E-state index in [1.165, 1.54) is 6.42 Å². The van der Waals surface area contributed by atoms with Crippen molar-refractivity contribution in [1.82, 2.24) is 14.7 Å². The standard InChI is InChI=1S/C11H20N4O2S/c12-18(16,17)9-3-7-14-6-1-4-11(14)10-15-8-2-5-13-15/h2,5,8,11H,1,3-4,6-7,9-10H2,(H2,12,16,17)/t11-/m0/s1. The maximum Gasteiger partial charge on any atom is 0.209 e. The van der Waals surface area contributed by atoms with Crippen LogP contribution in [0.15, 0.2) is 18.5 Å². The molecule has 0 aliphatic carbocycles. The van der Waals surface area contributed by atoms with Gasteiger partial charge in [-0.2, -0.15) is 5.10 Å². The lowest BCUT2D eigenvalue weighted by Crippen LogP contribution is -2.35. The molecule has 0 saturated carbocycles. The van der Waals surface area contributed by atoms with Gasteiger partial charge in [0.2, 0.25) is 10.0 Å². The Morgan fingerprint density at radius 2 is 2.28 bits per heavy atom. The second kappa shape index (κ2) is 5.81. The lowest BCUT2D eigenvalue weighted by Gasteiger charge is -2.24. The molecule has 1 atom stereocenters. The molecule has 18 heavy (non-hydrogen) atoms. The van der Waals surface area contributed by atoms with E-state index in [1.807, 2.05) is 16.9 Å². The molecule has 0 aromatic carbocycles. The van der Waals surface area contributed by atoms with Crippen LogP contribution in [0, 0.1) is 0 Å². The predicted octanol–water partition coefficient (Wildman–Crippen LogP) is 0.0261. The van der Waals surface area contributed by atoms with E-state index in [9.17, 15) is 8.42 Å². The van der Waals surface area contributed by atoms with E-state index < -0.39 is 10.0 Å². The Kier molecular flexibility index (Phi) is 4.36. The van der Waals surface area contributed by atoms with Crippen LogP contribution in [0.2, 0.25) is 0 Å². The lowest BCUT2D eigenvalue weighted by atomic mass is 10.2. The first-order valence-corrected chi connectivity index (χ1v) is 7.98. The van der Waals surface area contributed by atoms with Crippen LogP contribution < -0.4 is 5.14 Å². The van der Waals surface area contributed by atoms with Crippen LogP contribution in [-0.4, -0.2) is 48.0 Å². The molecule has 1 saturated heterocycles. The van der Waals surface area contributed by atoms with E-state index in [0.717, 1.165) is 26.1 Å². The van der Waals surface area contributed by atoms with Crippen LogP contribution in [0.4, 0.5) is 0 Å². The molecule has 1 aromatic heterocycles. The van der Waals surface area contributed by atoms with Crippen molar-refractivity contribution >= 4 is 10.0 Å². The molecule has 0 radical (unpaired) electrons. The zero-order valence-electron chi connectivity index (χ0n) is 10.4. The Balaban J connectivity index is 1.80. The molecule has 2 heterocycles. The van der Waals surface area contributed by atoms with E-state index in [-0.39, 0.29) is 5.75 Å². The molecule has 102 valence electrons. The minimum absolute atomic E-state index is 0.0675. The average molecular weight is 272 g/mol. The van der Waals surface area contributed by atoms with Crippen LogP contribution in [0.1, 0.15) is 19.3 Å². The Bertz CT molecular complexity index is 457. The number of nitrogens with zero attached hydrogens (tertiary/aromatic N) is 3. The summed E-state index contributed by atoms with van der Waals surface area (Å²) in [5.41, 5.74) is 0. The van der Waals surface area contributed by atoms with Crippen molar-refractivity contribution in [2.24, 2.45) is 5.14 Å². The largest absolute Gasteiger partial charge is 0.299 e. The summed E-state index contributed by atoms with van der Waals surface area (Å²) in [7, 11) is -3.33. The number of hydrogen-bond donors (Lipinski definition) is 1. The normalized spacial score (nSPS) is 21.5. The second-order valence-electron chi connectivity index (χ2n) is 4.78. The fraction of sp³-hybridized carbons (Fsp3) is 0.727. The summed E-state index contributed by atoms with van der Waals surface area (Å²) in [6.07, 6.45) is 6.66. The monoisotopic (exact) mass is 272 g/mol. The molecule has 1 aliphatic rings. The van der Waals surface area contributed by atoms with Gasteiger partial charge in [-0.3, -0.25) is 9.58 Å². The van der Waals surface area contributed by atoms with Gasteiger partial charge in [0.15, 0.2) is 0 Å². The van der Waals surface area contributed by atoms with Crippen LogP contribution in [-0.2, 0) is 16.6 Å². The molecule has 2 N–H and O–H groups in total. The number of aromatic nitrogens is 2. The van der Waals surface area contributed by atoms with Crippen LogP contribution in [0.25, 0.3) is 0 Å². The highest BCUT2D eigenvalue weighted by molar-refractivity contribution is 7.89. The highest BCUT2D eigenvalue weighted by Gasteiger charge is 2.24. The number of primary sulfonamides is 1. The minimum Gasteiger partial charge on any atom is -0.299 e. The fourth-order valence-electron chi connectivity index (χ4n) is 2.49. The highest BCUT2D eigenvalue weighted by atomic mass is 32.2. The number of likely N-dealkylation sites (tertiary alicyclic amines) is 1. The first kappa shape index (κ1) is 13.5. The Hall–Kier alpha value is -0.920. The summed E-state index contributed by atoms with van der Waals surface area (Å²) >= 11 is 0. The highest BCUT2D eigenvalue weighted by Crippen LogP contribution is 2.18. The van der Waals surface area contributed by atoms with Crippen LogP contribution in [0.5, 0.6) is 0 Å². The zero-order chi connectivity index (χ0) is 13.0. The number of hydrogen-bond acceptors (Lipinski definition) is 4. The van der Waals surface area contributed by atoms with Gasteiger partial charge in [0.05, 0.1) is 12.3 Å². The maximum absolute atomic E-state index is 10.9. The third-order valence-corrected chi connectivity index (χ3v) is 4.19. The van der Waals surface area contributed by atoms with Gasteiger partial charge in [0.25, 0.3) is 0 Å². The van der Waals surface area contributed by atoms with Crippen molar-refractivity contribution in [3.63, 3.8) is 0 Å². The smallest absolute Gasteiger partial charge is 0.209 e. The molecule has 1 aliphatic heterocycles. The number of sulfonamides is 1. The van der Waals surface area contributed by atoms with Crippen molar-refractivity contribution in [2.45, 2.75) is 31.8 Å². The molecule has 6 nitrogen and oxygen atoms in total. The lowest BCUT2D eigenvalue weighted by molar-refractivity contribution is 0.228. The summed E-state index contributed by atoms with van der Waals surface area (Å²) in [6.45, 7) is 2.71. The topological polar surface area (TPSA) is 81.2 Å². The van der Waals surface area contributed by atoms with Crippen LogP contribution >= 0.6 is 0 Å². The predicted molar refractivity (Wildman–Crippen MR) is 69.4 cm³/mol. The first-order chi connectivity index (χ1) is 8.54. The van der Waals surface area contributed by atoms with Gasteiger partial charge in [0, 0.05) is 18.4 Å². The zero-order valence-corrected chi connectivity index (χ0v) is 11.2. The van der Waals surface area contributed by atoms with Crippen molar-refractivity contribution in [2.75, 3.05) is 18.8 Å². The summed E-state index contributed by atoms with van der Waals surface area (Å²) in [5, 5.41) is 9.21. The molecule has 0 amide bonds. The molecule has 0 spiro atoms. The average Bonchev–Trinajstić information content (AvgIpc) is 2.90. The molecule has 7 heteroatoms. The quantitative estimate of drug-likeness (QED) is 0.792. The molecule has 1 aromatic rings. The van der Waals surface area contributed by atoms with Gasteiger partial charge in [0.1, 0.15) is 0 Å². The van der Waals surface area contributed by atoms with E-state index in [4.69, 9.17) is 5.14 Å². The van der Waals surface area contributed by atoms with E-state index in [0.29, 0.717) is 12.5 Å². The Morgan fingerprint density at radius 3 is 2.94 bits per heavy atom. The molecular weight excluding hydrogens is 252 g/mol. The van der Waals surface area contributed by atoms with Gasteiger partial charge >= 0.3 is 0 Å². The van der Waals surface area contributed by atoms with E-state index >= 15 is 0 Å². The Morgan fingerprint density at radius 1 is 1.44 bits per heavy atom. The number of rotatable bonds is 6. The second-order valence-corrected chi connectivity index (χ2v) is 6.51. The molecule has 2 rings (SSSR count). The van der Waals surface area contributed by atoms with Gasteiger partial charge in [-0.1, -0.05) is 0 Å². The van der Waals surface area contributed by atoms with E-state index in [2.05, 4.69) is 10.00 Å². The van der Waals surface area contributed by atoms with Gasteiger partial charge in [-0.05, 0) is 38.4 Å². The summed E-state index contributed by atoms with van der Waals surface area (Å²) in [5.74, 6) is 0.0675. The maximum atomic E-state index is 10.9. The number of nitrogens with two attached hydrogens (primary N) is 1. The summed E-state index contributed by atoms with van der Waals surface area (Å²) in [4.78, 5) is 2.34. The third-order valence-electron chi connectivity index (χ3n) is 3.33. The third kappa shape index (κ3) is 4.08. The molecular formula is C11H20N4O2S. The first-order valence-electron chi connectivity index (χ1n) is 6.26. The molecule has 1 fully saturated rings. The van der Waals surface area contributed by atoms with E-state index in [1.54, 1.807) is 6.20 Å². The van der Waals surface area contributed by atoms with Gasteiger partial charge in [-0.25, -0.2) is 13.6 Å². The van der Waals surface area contributed by atoms with Gasteiger partial charge < -0.3 is 0 Å². The molecule has 0 unspecified atom stereocenters. The molecule has 0 bridgehead atoms. The van der Waals surface area contributed by atoms with Gasteiger partial charge in [-0.15, -0.1) is 0 Å². The Labute approximate surface area is 108 Å². The summed E-state index contributed by atoms with van der Waals surface area (Å²) in [6, 6.07) is 2.38. The van der Waals surface area contributed by atoms with Crippen molar-refractivity contribution < 1.29 is 8.42 Å². The van der Waals surface area contributed by atoms with Crippen molar-refractivity contribution in [3.05, 3.63) is 18.5 Å². The van der Waals surface area contributed by atoms with Crippen LogP contribution in [0.3, 0.4) is 0 Å². The minimum atomic E-state index is -3.33. The fourth-order valence-corrected chi connectivity index (χ4v) is 3.02. The summed E-state index contributed by atoms with van der Waals surface area (Å²) < 4.78 is 23.7. The van der Waals surface area contributed by atoms with Crippen molar-refractivity contribution in [3.8, 4) is 0 Å².